The number of nitrogens with one attached hydrogen (secondary N) is 2. The van der Waals surface area contributed by atoms with Crippen LogP contribution < -0.4 is 15.4 Å². The highest BCUT2D eigenvalue weighted by molar-refractivity contribution is 9.10. The number of nitrogens with two attached hydrogens (primary N) is 1. The van der Waals surface area contributed by atoms with Gasteiger partial charge < -0.3 is 10.6 Å². The van der Waals surface area contributed by atoms with Gasteiger partial charge in [-0.3, -0.25) is 9.52 Å². The SMILES string of the molecule is CC1(C)CC(NC(=O)c2ccccc2NS(=O)(=O)c2ccc(Br)cc2)CC(C)(C)[NH2+]1. The summed E-state index contributed by atoms with van der Waals surface area (Å²) in [4.78, 5) is 13.2. The largest absolute Gasteiger partial charge is 0.349 e. The fourth-order valence-corrected chi connectivity index (χ4v) is 5.81. The lowest BCUT2D eigenvalue weighted by Gasteiger charge is -2.43. The first-order valence-electron chi connectivity index (χ1n) is 9.92. The van der Waals surface area contributed by atoms with Crippen LogP contribution in [0.3, 0.4) is 0 Å². The van der Waals surface area contributed by atoms with Crippen molar-refractivity contribution in [3.8, 4) is 0 Å². The molecule has 4 N–H and O–H groups in total. The summed E-state index contributed by atoms with van der Waals surface area (Å²) in [7, 11) is -3.81. The highest BCUT2D eigenvalue weighted by atomic mass is 79.9. The highest BCUT2D eigenvalue weighted by Gasteiger charge is 2.42. The fraction of sp³-hybridized carbons (Fsp3) is 0.409. The molecule has 1 heterocycles. The summed E-state index contributed by atoms with van der Waals surface area (Å²) in [5.41, 5.74) is 0.604. The lowest BCUT2D eigenvalue weighted by Crippen LogP contribution is -3.06. The Morgan fingerprint density at radius 2 is 1.57 bits per heavy atom. The number of rotatable bonds is 5. The average Bonchev–Trinajstić information content (AvgIpc) is 2.59. The first-order valence-corrected chi connectivity index (χ1v) is 12.2. The second kappa shape index (κ2) is 8.32. The molecule has 1 saturated heterocycles. The van der Waals surface area contributed by atoms with E-state index in [0.29, 0.717) is 5.56 Å². The van der Waals surface area contributed by atoms with Crippen LogP contribution in [0.5, 0.6) is 0 Å². The molecule has 2 aromatic carbocycles. The molecule has 1 aliphatic rings. The van der Waals surface area contributed by atoms with Gasteiger partial charge in [0.25, 0.3) is 15.9 Å². The number of anilines is 1. The number of amides is 1. The zero-order valence-electron chi connectivity index (χ0n) is 17.7. The topological polar surface area (TPSA) is 91.9 Å². The molecular formula is C22H29BrN3O3S+. The smallest absolute Gasteiger partial charge is 0.261 e. The van der Waals surface area contributed by atoms with Gasteiger partial charge in [0, 0.05) is 23.4 Å². The van der Waals surface area contributed by atoms with Gasteiger partial charge in [0.15, 0.2) is 0 Å². The van der Waals surface area contributed by atoms with Crippen LogP contribution in [0.2, 0.25) is 0 Å². The van der Waals surface area contributed by atoms with Crippen molar-refractivity contribution < 1.29 is 18.5 Å². The van der Waals surface area contributed by atoms with Crippen molar-refractivity contribution in [2.24, 2.45) is 0 Å². The zero-order valence-corrected chi connectivity index (χ0v) is 20.1. The monoisotopic (exact) mass is 494 g/mol. The van der Waals surface area contributed by atoms with E-state index in [9.17, 15) is 13.2 Å². The van der Waals surface area contributed by atoms with E-state index < -0.39 is 10.0 Å². The molecule has 0 aromatic heterocycles. The number of carbonyl (C=O) groups excluding carboxylic acids is 1. The summed E-state index contributed by atoms with van der Waals surface area (Å²) in [5.74, 6) is -0.275. The van der Waals surface area contributed by atoms with Crippen LogP contribution in [0, 0.1) is 0 Å². The van der Waals surface area contributed by atoms with Gasteiger partial charge in [0.1, 0.15) is 0 Å². The lowest BCUT2D eigenvalue weighted by atomic mass is 9.79. The summed E-state index contributed by atoms with van der Waals surface area (Å²) < 4.78 is 28.9. The molecule has 162 valence electrons. The molecule has 0 atom stereocenters. The number of benzene rings is 2. The Balaban J connectivity index is 1.81. The quantitative estimate of drug-likeness (QED) is 0.595. The molecular weight excluding hydrogens is 466 g/mol. The Morgan fingerprint density at radius 1 is 1.00 bits per heavy atom. The van der Waals surface area contributed by atoms with E-state index in [-0.39, 0.29) is 33.6 Å². The molecule has 0 spiro atoms. The van der Waals surface area contributed by atoms with Gasteiger partial charge in [-0.2, -0.15) is 0 Å². The van der Waals surface area contributed by atoms with Crippen molar-refractivity contribution in [1.82, 2.24) is 5.32 Å². The molecule has 0 saturated carbocycles. The predicted molar refractivity (Wildman–Crippen MR) is 122 cm³/mol. The van der Waals surface area contributed by atoms with Crippen molar-refractivity contribution in [3.63, 3.8) is 0 Å². The van der Waals surface area contributed by atoms with Crippen LogP contribution >= 0.6 is 15.9 Å². The number of hydrogen-bond donors (Lipinski definition) is 3. The second-order valence-corrected chi connectivity index (χ2v) is 11.9. The third kappa shape index (κ3) is 5.62. The van der Waals surface area contributed by atoms with Gasteiger partial charge in [-0.25, -0.2) is 8.42 Å². The number of quaternary nitrogens is 1. The average molecular weight is 495 g/mol. The van der Waals surface area contributed by atoms with Crippen LogP contribution in [-0.4, -0.2) is 31.4 Å². The van der Waals surface area contributed by atoms with E-state index in [2.05, 4.69) is 59.0 Å². The Morgan fingerprint density at radius 3 is 2.17 bits per heavy atom. The van der Waals surface area contributed by atoms with E-state index in [4.69, 9.17) is 0 Å². The zero-order chi connectivity index (χ0) is 22.2. The van der Waals surface area contributed by atoms with E-state index in [1.54, 1.807) is 36.4 Å². The van der Waals surface area contributed by atoms with Gasteiger partial charge in [-0.1, -0.05) is 28.1 Å². The molecule has 1 amide bonds. The molecule has 3 rings (SSSR count). The van der Waals surface area contributed by atoms with Crippen LogP contribution in [-0.2, 0) is 10.0 Å². The Hall–Kier alpha value is -1.90. The van der Waals surface area contributed by atoms with Crippen molar-refractivity contribution in [1.29, 1.82) is 0 Å². The first-order chi connectivity index (χ1) is 13.9. The van der Waals surface area contributed by atoms with E-state index in [1.165, 1.54) is 12.1 Å². The van der Waals surface area contributed by atoms with Crippen molar-refractivity contribution >= 4 is 37.5 Å². The lowest BCUT2D eigenvalue weighted by molar-refractivity contribution is -0.787. The van der Waals surface area contributed by atoms with Crippen molar-refractivity contribution in [2.75, 3.05) is 4.72 Å². The molecule has 0 unspecified atom stereocenters. The Kier molecular flexibility index (Phi) is 6.32. The van der Waals surface area contributed by atoms with E-state index in [0.717, 1.165) is 17.3 Å². The number of hydrogen-bond acceptors (Lipinski definition) is 3. The van der Waals surface area contributed by atoms with E-state index in [1.807, 2.05) is 0 Å². The maximum atomic E-state index is 13.1. The Bertz CT molecular complexity index is 1020. The predicted octanol–water partition coefficient (Wildman–Crippen LogP) is 3.26. The molecule has 1 fully saturated rings. The molecule has 2 aromatic rings. The molecule has 30 heavy (non-hydrogen) atoms. The van der Waals surface area contributed by atoms with Crippen molar-refractivity contribution in [2.45, 2.75) is 62.6 Å². The molecule has 1 aliphatic heterocycles. The minimum atomic E-state index is -3.81. The van der Waals surface area contributed by atoms with E-state index >= 15 is 0 Å². The maximum Gasteiger partial charge on any atom is 0.261 e. The number of para-hydroxylation sites is 1. The minimum absolute atomic E-state index is 0.0163. The summed E-state index contributed by atoms with van der Waals surface area (Å²) >= 11 is 3.30. The van der Waals surface area contributed by atoms with Crippen LogP contribution in [0.1, 0.15) is 50.9 Å². The third-order valence-electron chi connectivity index (χ3n) is 5.20. The number of piperidine rings is 1. The molecule has 8 heteroatoms. The summed E-state index contributed by atoms with van der Waals surface area (Å²) in [6, 6.07) is 13.0. The van der Waals surface area contributed by atoms with Crippen molar-refractivity contribution in [3.05, 3.63) is 58.6 Å². The second-order valence-electron chi connectivity index (χ2n) is 9.31. The van der Waals surface area contributed by atoms with Gasteiger partial charge in [0.2, 0.25) is 0 Å². The summed E-state index contributed by atoms with van der Waals surface area (Å²) in [6.45, 7) is 8.70. The van der Waals surface area contributed by atoms with Gasteiger partial charge in [0.05, 0.1) is 27.2 Å². The number of halogens is 1. The van der Waals surface area contributed by atoms with Crippen LogP contribution in [0.4, 0.5) is 5.69 Å². The van der Waals surface area contributed by atoms with Gasteiger partial charge in [-0.05, 0) is 64.1 Å². The normalized spacial score (nSPS) is 18.6. The maximum absolute atomic E-state index is 13.1. The molecule has 6 nitrogen and oxygen atoms in total. The Labute approximate surface area is 187 Å². The highest BCUT2D eigenvalue weighted by Crippen LogP contribution is 2.24. The first kappa shape index (κ1) is 22.8. The molecule has 0 radical (unpaired) electrons. The van der Waals surface area contributed by atoms with Crippen LogP contribution in [0.15, 0.2) is 57.9 Å². The minimum Gasteiger partial charge on any atom is -0.349 e. The van der Waals surface area contributed by atoms with Gasteiger partial charge >= 0.3 is 0 Å². The fourth-order valence-electron chi connectivity index (χ4n) is 4.47. The standard InChI is InChI=1S/C22H28BrN3O3S/c1-21(2)13-16(14-22(3,4)26-21)24-20(27)18-7-5-6-8-19(18)25-30(28,29)17-11-9-15(23)10-12-17/h5-12,16,25-26H,13-14H2,1-4H3,(H,24,27)/p+1. The number of sulfonamides is 1. The molecule has 0 bridgehead atoms. The number of carbonyl (C=O) groups is 1. The summed E-state index contributed by atoms with van der Waals surface area (Å²) in [5, 5.41) is 5.47. The van der Waals surface area contributed by atoms with Crippen LogP contribution in [0.25, 0.3) is 0 Å². The molecule has 0 aliphatic carbocycles. The summed E-state index contributed by atoms with van der Waals surface area (Å²) in [6.07, 6.45) is 1.68. The third-order valence-corrected chi connectivity index (χ3v) is 7.11. The van der Waals surface area contributed by atoms with Gasteiger partial charge in [-0.15, -0.1) is 0 Å².